The van der Waals surface area contributed by atoms with Gasteiger partial charge in [0.05, 0.1) is 6.10 Å². The third-order valence-electron chi connectivity index (χ3n) is 3.20. The number of hydrogen-bond donors (Lipinski definition) is 3. The van der Waals surface area contributed by atoms with Crippen molar-refractivity contribution in [2.45, 2.75) is 25.6 Å². The molecule has 7 nitrogen and oxygen atoms in total. The van der Waals surface area contributed by atoms with Crippen molar-refractivity contribution in [2.75, 3.05) is 13.3 Å². The fraction of sp³-hybridized carbons (Fsp3) is 0.429. The van der Waals surface area contributed by atoms with Gasteiger partial charge in [-0.05, 0) is 24.1 Å². The van der Waals surface area contributed by atoms with E-state index in [9.17, 15) is 19.8 Å². The van der Waals surface area contributed by atoms with Crippen LogP contribution >= 0.6 is 0 Å². The molecule has 2 unspecified atom stereocenters. The predicted molar refractivity (Wildman–Crippen MR) is 72.2 cm³/mol. The summed E-state index contributed by atoms with van der Waals surface area (Å²) in [5.74, 6) is 0.637. The number of benzene rings is 1. The molecule has 0 radical (unpaired) electrons. The number of rotatable bonds is 6. The van der Waals surface area contributed by atoms with Gasteiger partial charge in [-0.3, -0.25) is 9.59 Å². The van der Waals surface area contributed by atoms with Crippen LogP contribution in [0.4, 0.5) is 0 Å². The number of aldehydes is 1. The van der Waals surface area contributed by atoms with Gasteiger partial charge in [0.1, 0.15) is 6.10 Å². The van der Waals surface area contributed by atoms with Crippen molar-refractivity contribution in [1.29, 1.82) is 0 Å². The molecule has 0 aromatic heterocycles. The molecule has 1 heterocycles. The lowest BCUT2D eigenvalue weighted by Crippen LogP contribution is -2.28. The summed E-state index contributed by atoms with van der Waals surface area (Å²) < 4.78 is 10.3. The second-order valence-corrected chi connectivity index (χ2v) is 4.74. The number of aliphatic hydroxyl groups excluding tert-OH is 2. The lowest BCUT2D eigenvalue weighted by Gasteiger charge is -2.20. The molecule has 0 spiro atoms. The van der Waals surface area contributed by atoms with E-state index < -0.39 is 12.2 Å². The van der Waals surface area contributed by atoms with Crippen LogP contribution in [-0.2, 0) is 4.79 Å². The summed E-state index contributed by atoms with van der Waals surface area (Å²) in [4.78, 5) is 21.9. The van der Waals surface area contributed by atoms with Crippen LogP contribution < -0.4 is 14.8 Å². The molecule has 7 heteroatoms. The molecule has 2 rings (SSSR count). The van der Waals surface area contributed by atoms with E-state index in [2.05, 4.69) is 5.32 Å². The van der Waals surface area contributed by atoms with E-state index in [0.29, 0.717) is 17.8 Å². The lowest BCUT2D eigenvalue weighted by atomic mass is 9.97. The number of ether oxygens (including phenoxy) is 2. The van der Waals surface area contributed by atoms with E-state index in [1.54, 1.807) is 0 Å². The Hall–Kier alpha value is -2.12. The van der Waals surface area contributed by atoms with E-state index in [4.69, 9.17) is 9.47 Å². The first-order valence-electron chi connectivity index (χ1n) is 6.52. The normalized spacial score (nSPS) is 15.4. The lowest BCUT2D eigenvalue weighted by molar-refractivity contribution is -0.119. The second kappa shape index (κ2) is 6.55. The van der Waals surface area contributed by atoms with Gasteiger partial charge in [-0.25, -0.2) is 0 Å². The molecule has 0 aliphatic carbocycles. The molecule has 1 aliphatic heterocycles. The predicted octanol–water partition coefficient (Wildman–Crippen LogP) is 0.148. The average molecular weight is 295 g/mol. The number of aliphatic hydroxyl groups is 2. The van der Waals surface area contributed by atoms with Crippen LogP contribution in [0.2, 0.25) is 0 Å². The van der Waals surface area contributed by atoms with Gasteiger partial charge in [-0.15, -0.1) is 0 Å². The van der Waals surface area contributed by atoms with Gasteiger partial charge in [-0.1, -0.05) is 0 Å². The van der Waals surface area contributed by atoms with Gasteiger partial charge in [0.15, 0.2) is 17.8 Å². The molecule has 114 valence electrons. The molecule has 2 atom stereocenters. The monoisotopic (exact) mass is 295 g/mol. The van der Waals surface area contributed by atoms with Gasteiger partial charge in [-0.2, -0.15) is 0 Å². The van der Waals surface area contributed by atoms with Crippen LogP contribution in [0.3, 0.4) is 0 Å². The summed E-state index contributed by atoms with van der Waals surface area (Å²) in [6.45, 7) is 1.65. The smallest absolute Gasteiger partial charge is 0.231 e. The van der Waals surface area contributed by atoms with Gasteiger partial charge in [0, 0.05) is 19.0 Å². The Labute approximate surface area is 121 Å². The Kier molecular flexibility index (Phi) is 4.77. The van der Waals surface area contributed by atoms with E-state index in [0.717, 1.165) is 0 Å². The van der Waals surface area contributed by atoms with Crippen molar-refractivity contribution in [2.24, 2.45) is 0 Å². The average Bonchev–Trinajstić information content (AvgIpc) is 2.91. The SMILES string of the molecule is CC(=O)NCCC(O)C(O)c1cc2c(cc1C=O)OCO2. The highest BCUT2D eigenvalue weighted by Gasteiger charge is 2.25. The summed E-state index contributed by atoms with van der Waals surface area (Å²) in [5.41, 5.74) is 0.495. The standard InChI is InChI=1S/C14H17NO6/c1-8(17)15-3-2-11(18)14(19)10-5-13-12(20-7-21-13)4-9(10)6-16/h4-6,11,14,18-19H,2-3,7H2,1H3,(H,15,17). The van der Waals surface area contributed by atoms with Crippen molar-refractivity contribution in [3.63, 3.8) is 0 Å². The molecule has 0 fully saturated rings. The Balaban J connectivity index is 2.12. The Bertz CT molecular complexity index is 545. The molecule has 0 bridgehead atoms. The topological polar surface area (TPSA) is 105 Å². The minimum atomic E-state index is -1.26. The molecule has 0 saturated heterocycles. The first-order valence-corrected chi connectivity index (χ1v) is 6.52. The first-order chi connectivity index (χ1) is 10.0. The minimum absolute atomic E-state index is 0.0538. The van der Waals surface area contributed by atoms with Gasteiger partial charge in [0.2, 0.25) is 12.7 Å². The van der Waals surface area contributed by atoms with Crippen LogP contribution in [0.1, 0.15) is 35.4 Å². The van der Waals surface area contributed by atoms with Crippen molar-refractivity contribution in [1.82, 2.24) is 5.32 Å². The van der Waals surface area contributed by atoms with E-state index >= 15 is 0 Å². The number of amides is 1. The van der Waals surface area contributed by atoms with Crippen molar-refractivity contribution >= 4 is 12.2 Å². The highest BCUT2D eigenvalue weighted by molar-refractivity contribution is 5.79. The molecule has 1 aromatic carbocycles. The fourth-order valence-electron chi connectivity index (χ4n) is 2.09. The molecule has 3 N–H and O–H groups in total. The summed E-state index contributed by atoms with van der Waals surface area (Å²) in [7, 11) is 0. The third kappa shape index (κ3) is 3.50. The van der Waals surface area contributed by atoms with Gasteiger partial charge in [0.25, 0.3) is 0 Å². The van der Waals surface area contributed by atoms with Crippen LogP contribution in [0.5, 0.6) is 11.5 Å². The number of carbonyl (C=O) groups excluding carboxylic acids is 2. The fourth-order valence-corrected chi connectivity index (χ4v) is 2.09. The Morgan fingerprint density at radius 2 is 2.05 bits per heavy atom. The minimum Gasteiger partial charge on any atom is -0.454 e. The van der Waals surface area contributed by atoms with Crippen LogP contribution in [0.15, 0.2) is 12.1 Å². The maximum Gasteiger partial charge on any atom is 0.231 e. The summed E-state index contributed by atoms with van der Waals surface area (Å²) in [6.07, 6.45) is -1.63. The van der Waals surface area contributed by atoms with Crippen molar-refractivity contribution < 1.29 is 29.3 Å². The number of carbonyl (C=O) groups is 2. The zero-order chi connectivity index (χ0) is 15.4. The molecule has 1 aliphatic rings. The molecular formula is C14H17NO6. The molecule has 0 saturated carbocycles. The van der Waals surface area contributed by atoms with E-state index in [1.165, 1.54) is 19.1 Å². The van der Waals surface area contributed by atoms with Crippen molar-refractivity contribution in [3.8, 4) is 11.5 Å². The maximum atomic E-state index is 11.1. The molecular weight excluding hydrogens is 278 g/mol. The van der Waals surface area contributed by atoms with Crippen LogP contribution in [-0.4, -0.2) is 41.8 Å². The largest absolute Gasteiger partial charge is 0.454 e. The number of nitrogens with one attached hydrogen (secondary N) is 1. The zero-order valence-corrected chi connectivity index (χ0v) is 11.5. The Morgan fingerprint density at radius 3 is 2.67 bits per heavy atom. The zero-order valence-electron chi connectivity index (χ0n) is 11.5. The van der Waals surface area contributed by atoms with Gasteiger partial charge >= 0.3 is 0 Å². The van der Waals surface area contributed by atoms with E-state index in [1.807, 2.05) is 0 Å². The van der Waals surface area contributed by atoms with Crippen LogP contribution in [0.25, 0.3) is 0 Å². The molecule has 21 heavy (non-hydrogen) atoms. The summed E-state index contributed by atoms with van der Waals surface area (Å²) in [6, 6.07) is 2.95. The number of fused-ring (bicyclic) bond motifs is 1. The summed E-state index contributed by atoms with van der Waals surface area (Å²) >= 11 is 0. The number of hydrogen-bond acceptors (Lipinski definition) is 6. The Morgan fingerprint density at radius 1 is 1.38 bits per heavy atom. The highest BCUT2D eigenvalue weighted by Crippen LogP contribution is 2.37. The summed E-state index contributed by atoms with van der Waals surface area (Å²) in [5, 5.41) is 22.7. The van der Waals surface area contributed by atoms with Crippen molar-refractivity contribution in [3.05, 3.63) is 23.3 Å². The van der Waals surface area contributed by atoms with Gasteiger partial charge < -0.3 is 25.0 Å². The molecule has 1 amide bonds. The highest BCUT2D eigenvalue weighted by atomic mass is 16.7. The van der Waals surface area contributed by atoms with E-state index in [-0.39, 0.29) is 36.8 Å². The molecule has 1 aromatic rings. The third-order valence-corrected chi connectivity index (χ3v) is 3.20. The first kappa shape index (κ1) is 15.3. The maximum absolute atomic E-state index is 11.1. The second-order valence-electron chi connectivity index (χ2n) is 4.74. The van der Waals surface area contributed by atoms with Crippen LogP contribution in [0, 0.1) is 0 Å². The quantitative estimate of drug-likeness (QED) is 0.645.